The van der Waals surface area contributed by atoms with Crippen LogP contribution in [0.3, 0.4) is 0 Å². The van der Waals surface area contributed by atoms with Gasteiger partial charge in [0.25, 0.3) is 0 Å². The van der Waals surface area contributed by atoms with Crippen LogP contribution in [0.15, 0.2) is 30.3 Å². The monoisotopic (exact) mass is 254 g/mol. The third kappa shape index (κ3) is 4.30. The fraction of sp³-hybridized carbons (Fsp3) is 0.571. The largest absolute Gasteiger partial charge is 0.324 e. The van der Waals surface area contributed by atoms with Gasteiger partial charge in [0, 0.05) is 18.6 Å². The average Bonchev–Trinajstić information content (AvgIpc) is 2.65. The van der Waals surface area contributed by atoms with Crippen molar-refractivity contribution in [2.24, 2.45) is 5.73 Å². The molecule has 0 spiro atoms. The first-order valence-electron chi connectivity index (χ1n) is 6.11. The van der Waals surface area contributed by atoms with Crippen molar-refractivity contribution in [3.8, 4) is 0 Å². The summed E-state index contributed by atoms with van der Waals surface area (Å²) in [7, 11) is 0. The van der Waals surface area contributed by atoms with Crippen LogP contribution in [0.4, 0.5) is 0 Å². The molecule has 1 heterocycles. The van der Waals surface area contributed by atoms with E-state index in [2.05, 4.69) is 49.1 Å². The van der Waals surface area contributed by atoms with Crippen LogP contribution in [0.2, 0.25) is 0 Å². The van der Waals surface area contributed by atoms with Gasteiger partial charge in [0.15, 0.2) is 0 Å². The predicted octanol–water partition coefficient (Wildman–Crippen LogP) is 2.64. The molecule has 0 saturated carbocycles. The maximum Gasteiger partial charge on any atom is 0.0226 e. The molecule has 1 fully saturated rings. The summed E-state index contributed by atoms with van der Waals surface area (Å²) >= 11 is 0. The van der Waals surface area contributed by atoms with Crippen LogP contribution in [0.25, 0.3) is 0 Å². The minimum Gasteiger partial charge on any atom is -0.324 e. The number of hydrogen-bond donors (Lipinski definition) is 1. The highest BCUT2D eigenvalue weighted by molar-refractivity contribution is 5.85. The molecule has 3 heteroatoms. The fourth-order valence-corrected chi connectivity index (χ4v) is 2.55. The summed E-state index contributed by atoms with van der Waals surface area (Å²) in [6.07, 6.45) is 1.26. The zero-order chi connectivity index (χ0) is 11.6. The second kappa shape index (κ2) is 5.85. The lowest BCUT2D eigenvalue weighted by Gasteiger charge is -2.26. The number of likely N-dealkylation sites (tertiary alicyclic amines) is 1. The molecule has 96 valence electrons. The van der Waals surface area contributed by atoms with Crippen LogP contribution in [0.1, 0.15) is 31.7 Å². The van der Waals surface area contributed by atoms with Gasteiger partial charge in [-0.2, -0.15) is 0 Å². The molecule has 1 aromatic carbocycles. The molecule has 2 N–H and O–H groups in total. The molecular formula is C14H23ClN2. The summed E-state index contributed by atoms with van der Waals surface area (Å²) in [5.74, 6) is 0.698. The Kier molecular flexibility index (Phi) is 4.99. The van der Waals surface area contributed by atoms with Crippen LogP contribution in [-0.2, 0) is 0 Å². The van der Waals surface area contributed by atoms with Gasteiger partial charge in [-0.25, -0.2) is 0 Å². The zero-order valence-corrected chi connectivity index (χ0v) is 11.5. The lowest BCUT2D eigenvalue weighted by atomic mass is 9.99. The van der Waals surface area contributed by atoms with Crippen LogP contribution < -0.4 is 5.73 Å². The van der Waals surface area contributed by atoms with Crippen LogP contribution in [-0.4, -0.2) is 30.1 Å². The van der Waals surface area contributed by atoms with Gasteiger partial charge < -0.3 is 10.6 Å². The van der Waals surface area contributed by atoms with E-state index in [0.29, 0.717) is 5.92 Å². The summed E-state index contributed by atoms with van der Waals surface area (Å²) in [5, 5.41) is 0. The minimum absolute atomic E-state index is 0. The molecule has 1 atom stereocenters. The Morgan fingerprint density at radius 1 is 1.29 bits per heavy atom. The van der Waals surface area contributed by atoms with E-state index in [1.165, 1.54) is 18.5 Å². The van der Waals surface area contributed by atoms with Crippen molar-refractivity contribution < 1.29 is 0 Å². The Bertz CT molecular complexity index is 332. The summed E-state index contributed by atoms with van der Waals surface area (Å²) < 4.78 is 0. The molecular weight excluding hydrogens is 232 g/mol. The second-order valence-corrected chi connectivity index (χ2v) is 5.62. The molecule has 0 amide bonds. The Balaban J connectivity index is 0.00000144. The normalized spacial score (nSPS) is 21.2. The lowest BCUT2D eigenvalue weighted by Crippen LogP contribution is -2.44. The number of nitrogens with zero attached hydrogens (tertiary/aromatic N) is 1. The molecule has 2 nitrogen and oxygen atoms in total. The third-order valence-electron chi connectivity index (χ3n) is 3.17. The van der Waals surface area contributed by atoms with Crippen molar-refractivity contribution >= 4 is 12.4 Å². The van der Waals surface area contributed by atoms with Crippen molar-refractivity contribution in [1.82, 2.24) is 4.90 Å². The average molecular weight is 255 g/mol. The Hall–Kier alpha value is -0.570. The van der Waals surface area contributed by atoms with Crippen LogP contribution in [0, 0.1) is 0 Å². The van der Waals surface area contributed by atoms with Crippen molar-refractivity contribution in [2.75, 3.05) is 19.6 Å². The maximum absolute atomic E-state index is 6.06. The highest BCUT2D eigenvalue weighted by atomic mass is 35.5. The summed E-state index contributed by atoms with van der Waals surface area (Å²) in [4.78, 5) is 2.48. The van der Waals surface area contributed by atoms with E-state index in [0.717, 1.165) is 13.1 Å². The number of hydrogen-bond acceptors (Lipinski definition) is 2. The van der Waals surface area contributed by atoms with E-state index < -0.39 is 0 Å². The molecule has 0 radical (unpaired) electrons. The van der Waals surface area contributed by atoms with Gasteiger partial charge in [0.05, 0.1) is 0 Å². The highest BCUT2D eigenvalue weighted by Gasteiger charge is 2.26. The molecule has 0 aromatic heterocycles. The standard InChI is InChI=1S/C14H22N2.ClH/c1-14(2,15)11-16-9-8-13(10-16)12-6-4-3-5-7-12;/h3-7,13H,8-11,15H2,1-2H3;1H. The number of halogens is 1. The molecule has 0 aliphatic carbocycles. The van der Waals surface area contributed by atoms with E-state index >= 15 is 0 Å². The number of benzene rings is 1. The lowest BCUT2D eigenvalue weighted by molar-refractivity contribution is 0.269. The van der Waals surface area contributed by atoms with E-state index in [9.17, 15) is 0 Å². The Morgan fingerprint density at radius 2 is 1.94 bits per heavy atom. The van der Waals surface area contributed by atoms with Gasteiger partial charge in [-0.3, -0.25) is 0 Å². The maximum atomic E-state index is 6.06. The molecule has 1 aliphatic rings. The highest BCUT2D eigenvalue weighted by Crippen LogP contribution is 2.27. The van der Waals surface area contributed by atoms with Gasteiger partial charge in [-0.1, -0.05) is 30.3 Å². The SMILES string of the molecule is CC(C)(N)CN1CCC(c2ccccc2)C1.Cl. The number of rotatable bonds is 3. The topological polar surface area (TPSA) is 29.3 Å². The van der Waals surface area contributed by atoms with Crippen LogP contribution >= 0.6 is 12.4 Å². The first-order chi connectivity index (χ1) is 7.54. The Labute approximate surface area is 111 Å². The summed E-state index contributed by atoms with van der Waals surface area (Å²) in [5.41, 5.74) is 7.45. The zero-order valence-electron chi connectivity index (χ0n) is 10.7. The third-order valence-corrected chi connectivity index (χ3v) is 3.17. The second-order valence-electron chi connectivity index (χ2n) is 5.62. The quantitative estimate of drug-likeness (QED) is 0.899. The molecule has 17 heavy (non-hydrogen) atoms. The fourth-order valence-electron chi connectivity index (χ4n) is 2.55. The van der Waals surface area contributed by atoms with Gasteiger partial charge in [0.1, 0.15) is 0 Å². The first-order valence-corrected chi connectivity index (χ1v) is 6.11. The molecule has 1 aliphatic heterocycles. The van der Waals surface area contributed by atoms with Gasteiger partial charge in [-0.05, 0) is 38.3 Å². The van der Waals surface area contributed by atoms with E-state index in [1.807, 2.05) is 0 Å². The molecule has 1 aromatic rings. The van der Waals surface area contributed by atoms with Gasteiger partial charge in [0.2, 0.25) is 0 Å². The molecule has 0 bridgehead atoms. The minimum atomic E-state index is -0.0778. The Morgan fingerprint density at radius 3 is 2.53 bits per heavy atom. The molecule has 2 rings (SSSR count). The van der Waals surface area contributed by atoms with Crippen LogP contribution in [0.5, 0.6) is 0 Å². The van der Waals surface area contributed by atoms with Crippen molar-refractivity contribution in [1.29, 1.82) is 0 Å². The summed E-state index contributed by atoms with van der Waals surface area (Å²) in [6, 6.07) is 10.8. The van der Waals surface area contributed by atoms with E-state index in [1.54, 1.807) is 0 Å². The van der Waals surface area contributed by atoms with Gasteiger partial charge >= 0.3 is 0 Å². The predicted molar refractivity (Wildman–Crippen MR) is 75.8 cm³/mol. The number of nitrogens with two attached hydrogens (primary N) is 1. The first kappa shape index (κ1) is 14.5. The summed E-state index contributed by atoms with van der Waals surface area (Å²) in [6.45, 7) is 7.53. The van der Waals surface area contributed by atoms with Crippen molar-refractivity contribution in [2.45, 2.75) is 31.7 Å². The molecule has 1 unspecified atom stereocenters. The van der Waals surface area contributed by atoms with Crippen molar-refractivity contribution in [3.63, 3.8) is 0 Å². The van der Waals surface area contributed by atoms with E-state index in [4.69, 9.17) is 5.73 Å². The van der Waals surface area contributed by atoms with Crippen molar-refractivity contribution in [3.05, 3.63) is 35.9 Å². The van der Waals surface area contributed by atoms with Gasteiger partial charge in [-0.15, -0.1) is 12.4 Å². The van der Waals surface area contributed by atoms with E-state index in [-0.39, 0.29) is 17.9 Å². The molecule has 1 saturated heterocycles. The smallest absolute Gasteiger partial charge is 0.0226 e.